The van der Waals surface area contributed by atoms with Crippen LogP contribution in [-0.2, 0) is 6.42 Å². The van der Waals surface area contributed by atoms with E-state index in [1.54, 1.807) is 0 Å². The van der Waals surface area contributed by atoms with E-state index in [9.17, 15) is 0 Å². The fourth-order valence-corrected chi connectivity index (χ4v) is 3.25. The van der Waals surface area contributed by atoms with Crippen molar-refractivity contribution >= 4 is 0 Å². The average molecular weight is 274 g/mol. The Morgan fingerprint density at radius 1 is 1.15 bits per heavy atom. The van der Waals surface area contributed by atoms with Crippen LogP contribution in [-0.4, -0.2) is 24.0 Å². The zero-order valence-electron chi connectivity index (χ0n) is 13.3. The Hall–Kier alpha value is -0.860. The van der Waals surface area contributed by atoms with Gasteiger partial charge >= 0.3 is 0 Å². The highest BCUT2D eigenvalue weighted by Gasteiger charge is 2.25. The summed E-state index contributed by atoms with van der Waals surface area (Å²) in [6, 6.07) is 9.40. The van der Waals surface area contributed by atoms with Crippen molar-refractivity contribution in [3.8, 4) is 0 Å². The fraction of sp³-hybridized carbons (Fsp3) is 0.667. The normalized spacial score (nSPS) is 20.8. The smallest absolute Gasteiger partial charge is 0.0450 e. The summed E-state index contributed by atoms with van der Waals surface area (Å²) in [7, 11) is 0. The van der Waals surface area contributed by atoms with E-state index in [1.165, 1.54) is 43.5 Å². The minimum Gasteiger partial charge on any atom is -0.323 e. The van der Waals surface area contributed by atoms with Crippen LogP contribution in [0.3, 0.4) is 0 Å². The Kier molecular flexibility index (Phi) is 5.62. The molecule has 2 N–H and O–H groups in total. The van der Waals surface area contributed by atoms with Gasteiger partial charge < -0.3 is 5.73 Å². The summed E-state index contributed by atoms with van der Waals surface area (Å²) in [4.78, 5) is 2.57. The Labute approximate surface area is 124 Å². The van der Waals surface area contributed by atoms with Crippen LogP contribution < -0.4 is 5.73 Å². The van der Waals surface area contributed by atoms with E-state index in [2.05, 4.69) is 49.9 Å². The molecule has 2 atom stereocenters. The summed E-state index contributed by atoms with van der Waals surface area (Å²) < 4.78 is 0. The molecule has 0 aliphatic carbocycles. The number of rotatable bonds is 5. The van der Waals surface area contributed by atoms with E-state index in [4.69, 9.17) is 5.73 Å². The first-order valence-corrected chi connectivity index (χ1v) is 8.24. The van der Waals surface area contributed by atoms with E-state index in [0.29, 0.717) is 6.04 Å². The molecule has 1 aliphatic heterocycles. The Bertz CT molecular complexity index is 390. The standard InChI is InChI=1S/C18H30N2/c1-4-15-6-8-17(9-7-15)18(19)14(3)20-12-10-16(5-2)11-13-20/h6-9,14,16,18H,4-5,10-13,19H2,1-3H3. The number of hydrogen-bond acceptors (Lipinski definition) is 2. The van der Waals surface area contributed by atoms with Crippen molar-refractivity contribution in [3.63, 3.8) is 0 Å². The van der Waals surface area contributed by atoms with Gasteiger partial charge in [-0.15, -0.1) is 0 Å². The third-order valence-corrected chi connectivity index (χ3v) is 5.10. The van der Waals surface area contributed by atoms with Crippen molar-refractivity contribution in [2.45, 2.75) is 58.5 Å². The first-order chi connectivity index (χ1) is 9.65. The van der Waals surface area contributed by atoms with Crippen LogP contribution in [0.4, 0.5) is 0 Å². The van der Waals surface area contributed by atoms with Crippen LogP contribution in [0.2, 0.25) is 0 Å². The van der Waals surface area contributed by atoms with E-state index in [-0.39, 0.29) is 6.04 Å². The summed E-state index contributed by atoms with van der Waals surface area (Å²) in [5, 5.41) is 0. The number of nitrogens with zero attached hydrogens (tertiary/aromatic N) is 1. The average Bonchev–Trinajstić information content (AvgIpc) is 2.53. The SMILES string of the molecule is CCc1ccc(C(N)C(C)N2CCC(CC)CC2)cc1. The Balaban J connectivity index is 1.95. The molecule has 112 valence electrons. The van der Waals surface area contributed by atoms with Gasteiger partial charge in [0.05, 0.1) is 0 Å². The second-order valence-corrected chi connectivity index (χ2v) is 6.25. The molecule has 0 saturated carbocycles. The first kappa shape index (κ1) is 15.5. The van der Waals surface area contributed by atoms with E-state index in [1.807, 2.05) is 0 Å². The molecular weight excluding hydrogens is 244 g/mol. The molecule has 1 aliphatic rings. The second-order valence-electron chi connectivity index (χ2n) is 6.25. The van der Waals surface area contributed by atoms with E-state index in [0.717, 1.165) is 12.3 Å². The van der Waals surface area contributed by atoms with E-state index >= 15 is 0 Å². The molecule has 0 spiro atoms. The molecule has 0 aromatic heterocycles. The van der Waals surface area contributed by atoms with Crippen molar-refractivity contribution in [3.05, 3.63) is 35.4 Å². The highest BCUT2D eigenvalue weighted by Crippen LogP contribution is 2.26. The lowest BCUT2D eigenvalue weighted by molar-refractivity contribution is 0.124. The summed E-state index contributed by atoms with van der Waals surface area (Å²) >= 11 is 0. The van der Waals surface area contributed by atoms with Crippen molar-refractivity contribution in [2.75, 3.05) is 13.1 Å². The van der Waals surface area contributed by atoms with Gasteiger partial charge in [0.2, 0.25) is 0 Å². The van der Waals surface area contributed by atoms with Crippen LogP contribution in [0.25, 0.3) is 0 Å². The molecule has 20 heavy (non-hydrogen) atoms. The molecular formula is C18H30N2. The molecule has 2 unspecified atom stereocenters. The molecule has 0 amide bonds. The predicted octanol–water partition coefficient (Wildman–Crippen LogP) is 3.76. The van der Waals surface area contributed by atoms with Crippen molar-refractivity contribution in [1.82, 2.24) is 4.90 Å². The lowest BCUT2D eigenvalue weighted by Crippen LogP contribution is -2.45. The maximum atomic E-state index is 6.49. The third-order valence-electron chi connectivity index (χ3n) is 5.10. The number of piperidine rings is 1. The van der Waals surface area contributed by atoms with Gasteiger partial charge in [0.1, 0.15) is 0 Å². The minimum atomic E-state index is 0.124. The Morgan fingerprint density at radius 3 is 2.25 bits per heavy atom. The molecule has 0 bridgehead atoms. The predicted molar refractivity (Wildman–Crippen MR) is 86.8 cm³/mol. The number of nitrogens with two attached hydrogens (primary N) is 1. The highest BCUT2D eigenvalue weighted by atomic mass is 15.2. The lowest BCUT2D eigenvalue weighted by atomic mass is 9.91. The number of aryl methyl sites for hydroxylation is 1. The van der Waals surface area contributed by atoms with Crippen molar-refractivity contribution in [1.29, 1.82) is 0 Å². The van der Waals surface area contributed by atoms with Gasteiger partial charge in [-0.05, 0) is 56.3 Å². The van der Waals surface area contributed by atoms with Crippen LogP contribution in [0.5, 0.6) is 0 Å². The lowest BCUT2D eigenvalue weighted by Gasteiger charge is -2.38. The quantitative estimate of drug-likeness (QED) is 0.886. The van der Waals surface area contributed by atoms with Gasteiger partial charge in [0.15, 0.2) is 0 Å². The monoisotopic (exact) mass is 274 g/mol. The Morgan fingerprint density at radius 2 is 1.75 bits per heavy atom. The molecule has 2 heteroatoms. The van der Waals surface area contributed by atoms with Crippen LogP contribution in [0, 0.1) is 5.92 Å². The molecule has 0 radical (unpaired) electrons. The molecule has 1 aromatic rings. The zero-order valence-corrected chi connectivity index (χ0v) is 13.3. The van der Waals surface area contributed by atoms with Crippen LogP contribution in [0.15, 0.2) is 24.3 Å². The number of likely N-dealkylation sites (tertiary alicyclic amines) is 1. The second kappa shape index (κ2) is 7.24. The minimum absolute atomic E-state index is 0.124. The molecule has 1 aromatic carbocycles. The summed E-state index contributed by atoms with van der Waals surface area (Å²) in [5.41, 5.74) is 9.14. The maximum Gasteiger partial charge on any atom is 0.0450 e. The third kappa shape index (κ3) is 3.62. The van der Waals surface area contributed by atoms with Gasteiger partial charge in [0, 0.05) is 12.1 Å². The fourth-order valence-electron chi connectivity index (χ4n) is 3.25. The van der Waals surface area contributed by atoms with Crippen LogP contribution in [0.1, 0.15) is 57.2 Å². The molecule has 1 heterocycles. The molecule has 1 saturated heterocycles. The molecule has 1 fully saturated rings. The summed E-state index contributed by atoms with van der Waals surface area (Å²) in [6.45, 7) is 9.20. The first-order valence-electron chi connectivity index (χ1n) is 8.24. The zero-order chi connectivity index (χ0) is 14.5. The number of benzene rings is 1. The van der Waals surface area contributed by atoms with Gasteiger partial charge in [0.25, 0.3) is 0 Å². The van der Waals surface area contributed by atoms with Crippen molar-refractivity contribution in [2.24, 2.45) is 11.7 Å². The van der Waals surface area contributed by atoms with Crippen LogP contribution >= 0.6 is 0 Å². The topological polar surface area (TPSA) is 29.3 Å². The van der Waals surface area contributed by atoms with Gasteiger partial charge in [-0.3, -0.25) is 4.90 Å². The summed E-state index contributed by atoms with van der Waals surface area (Å²) in [6.07, 6.45) is 5.09. The highest BCUT2D eigenvalue weighted by molar-refractivity contribution is 5.25. The van der Waals surface area contributed by atoms with Gasteiger partial charge in [-0.2, -0.15) is 0 Å². The molecule has 2 nitrogen and oxygen atoms in total. The van der Waals surface area contributed by atoms with E-state index < -0.39 is 0 Å². The van der Waals surface area contributed by atoms with Crippen molar-refractivity contribution < 1.29 is 0 Å². The summed E-state index contributed by atoms with van der Waals surface area (Å²) in [5.74, 6) is 0.929. The van der Waals surface area contributed by atoms with Gasteiger partial charge in [-0.1, -0.05) is 44.5 Å². The number of hydrogen-bond donors (Lipinski definition) is 1. The largest absolute Gasteiger partial charge is 0.323 e. The van der Waals surface area contributed by atoms with Gasteiger partial charge in [-0.25, -0.2) is 0 Å². The maximum absolute atomic E-state index is 6.49. The molecule has 2 rings (SSSR count).